The number of aryl methyl sites for hydroxylation is 3. The standard InChI is InChI=1S/C51H61F2N11O4/c1-33(65)61-26-18-42-41(32-61)49(62-21-6-7-36-28-39(37-30-54-57(2)31-37)40(48(52)53)29-45(36)62)56-64(42)38-16-24-60(25-17-38)20-5-4-19-59-22-14-34(15-23-59)8-9-35-10-11-43-46(27-35)58(3)51(68)63(43)44-12-13-47(66)55-50(44)67/h10-11,27-31,34,38,44,48H,4-7,12-26,32H2,1-3H3,(H,55,66,67). The zero-order valence-corrected chi connectivity index (χ0v) is 39.4. The molecule has 1 N–H and O–H groups in total. The summed E-state index contributed by atoms with van der Waals surface area (Å²) in [4.78, 5) is 59.3. The summed E-state index contributed by atoms with van der Waals surface area (Å²) < 4.78 is 36.4. The number of unbranched alkanes of at least 4 members (excludes halogenated alkanes) is 1. The molecule has 0 bridgehead atoms. The van der Waals surface area contributed by atoms with Crippen molar-refractivity contribution in [2.75, 3.05) is 57.3 Å². The third kappa shape index (κ3) is 9.00. The van der Waals surface area contributed by atoms with Crippen molar-refractivity contribution in [2.24, 2.45) is 20.0 Å². The van der Waals surface area contributed by atoms with E-state index in [0.717, 1.165) is 125 Å². The molecule has 1 atom stereocenters. The van der Waals surface area contributed by atoms with E-state index in [1.807, 2.05) is 29.2 Å². The van der Waals surface area contributed by atoms with Crippen molar-refractivity contribution in [1.82, 2.24) is 48.7 Å². The molecule has 17 heteroatoms. The Bertz CT molecular complexity index is 2870. The highest BCUT2D eigenvalue weighted by Gasteiger charge is 2.35. The smallest absolute Gasteiger partial charge is 0.329 e. The highest BCUT2D eigenvalue weighted by atomic mass is 19.3. The van der Waals surface area contributed by atoms with Gasteiger partial charge in [-0.05, 0) is 125 Å². The number of hydrogen-bond acceptors (Lipinski definition) is 9. The summed E-state index contributed by atoms with van der Waals surface area (Å²) in [6.07, 6.45) is 9.96. The maximum absolute atomic E-state index is 14.7. The first-order valence-electron chi connectivity index (χ1n) is 24.5. The fourth-order valence-corrected chi connectivity index (χ4v) is 11.3. The van der Waals surface area contributed by atoms with Gasteiger partial charge in [0.2, 0.25) is 17.7 Å². The van der Waals surface area contributed by atoms with Gasteiger partial charge in [0.15, 0.2) is 5.82 Å². The topological polar surface area (TPSA) is 139 Å². The van der Waals surface area contributed by atoms with Crippen molar-refractivity contribution in [3.8, 4) is 23.0 Å². The van der Waals surface area contributed by atoms with Crippen LogP contribution >= 0.6 is 0 Å². The van der Waals surface area contributed by atoms with E-state index in [1.54, 1.807) is 48.7 Å². The van der Waals surface area contributed by atoms with Crippen LogP contribution in [-0.4, -0.2) is 113 Å². The zero-order valence-electron chi connectivity index (χ0n) is 39.4. The molecule has 68 heavy (non-hydrogen) atoms. The Hall–Kier alpha value is -6.12. The Morgan fingerprint density at radius 1 is 0.882 bits per heavy atom. The van der Waals surface area contributed by atoms with Crippen LogP contribution in [0.4, 0.5) is 20.3 Å². The average molecular weight is 930 g/mol. The Kier molecular flexibility index (Phi) is 12.8. The summed E-state index contributed by atoms with van der Waals surface area (Å²) in [6.45, 7) is 9.58. The van der Waals surface area contributed by atoms with E-state index in [4.69, 9.17) is 5.10 Å². The summed E-state index contributed by atoms with van der Waals surface area (Å²) in [7, 11) is 3.49. The molecular formula is C51H61F2N11O4. The van der Waals surface area contributed by atoms with Gasteiger partial charge in [0.05, 0.1) is 29.8 Å². The highest BCUT2D eigenvalue weighted by molar-refractivity contribution is 6.00. The second-order valence-electron chi connectivity index (χ2n) is 19.5. The first-order valence-corrected chi connectivity index (χ1v) is 24.5. The number of imide groups is 1. The Balaban J connectivity index is 0.727. The molecule has 10 rings (SSSR count). The van der Waals surface area contributed by atoms with Crippen molar-refractivity contribution in [2.45, 2.75) is 103 Å². The van der Waals surface area contributed by atoms with Gasteiger partial charge in [0.1, 0.15) is 6.04 Å². The maximum atomic E-state index is 14.7. The maximum Gasteiger partial charge on any atom is 0.329 e. The van der Waals surface area contributed by atoms with Crippen LogP contribution < -0.4 is 15.9 Å². The lowest BCUT2D eigenvalue weighted by molar-refractivity contribution is -0.135. The van der Waals surface area contributed by atoms with Gasteiger partial charge in [-0.1, -0.05) is 11.8 Å². The Labute approximate surface area is 395 Å². The number of piperidine rings is 3. The number of hydrogen-bond donors (Lipinski definition) is 1. The molecule has 3 amide bonds. The van der Waals surface area contributed by atoms with E-state index in [9.17, 15) is 28.0 Å². The number of amides is 3. The zero-order chi connectivity index (χ0) is 47.2. The number of nitrogens with zero attached hydrogens (tertiary/aromatic N) is 10. The van der Waals surface area contributed by atoms with Crippen molar-refractivity contribution >= 4 is 40.3 Å². The van der Waals surface area contributed by atoms with E-state index in [1.165, 1.54) is 10.3 Å². The number of fused-ring (bicyclic) bond motifs is 3. The second kappa shape index (κ2) is 19.1. The lowest BCUT2D eigenvalue weighted by Gasteiger charge is -2.34. The predicted molar refractivity (Wildman–Crippen MR) is 255 cm³/mol. The second-order valence-corrected chi connectivity index (χ2v) is 19.5. The predicted octanol–water partition coefficient (Wildman–Crippen LogP) is 6.02. The number of imidazole rings is 1. The van der Waals surface area contributed by atoms with E-state index in [-0.39, 0.29) is 35.5 Å². The highest BCUT2D eigenvalue weighted by Crippen LogP contribution is 2.44. The molecule has 5 aliphatic rings. The first kappa shape index (κ1) is 45.7. The number of nitrogens with one attached hydrogen (secondary N) is 1. The fraction of sp³-hybridized carbons (Fsp3) is 0.529. The number of alkyl halides is 2. The third-order valence-electron chi connectivity index (χ3n) is 15.1. The van der Waals surface area contributed by atoms with Gasteiger partial charge in [-0.3, -0.25) is 38.2 Å². The van der Waals surface area contributed by atoms with Gasteiger partial charge in [-0.25, -0.2) is 13.6 Å². The van der Waals surface area contributed by atoms with Crippen LogP contribution in [0.25, 0.3) is 22.2 Å². The molecule has 0 spiro atoms. The van der Waals surface area contributed by atoms with Crippen molar-refractivity contribution in [1.29, 1.82) is 0 Å². The SMILES string of the molecule is CC(=O)N1CCc2c(c(N3CCCc4cc(-c5cnn(C)c5)c(C(F)F)cc43)nn2C2CCN(CCCCN3CCC(C#Cc4ccc5c(c4)n(C)c(=O)n5C4CCC(=O)NC4=O)CC3)CC2)C1. The van der Waals surface area contributed by atoms with Crippen LogP contribution in [0.2, 0.25) is 0 Å². The quantitative estimate of drug-likeness (QED) is 0.101. The number of carbonyl (C=O) groups is 3. The molecular weight excluding hydrogens is 869 g/mol. The van der Waals surface area contributed by atoms with Gasteiger partial charge in [-0.15, -0.1) is 0 Å². The molecule has 1 unspecified atom stereocenters. The molecule has 2 aromatic carbocycles. The molecule has 358 valence electrons. The number of likely N-dealkylation sites (tertiary alicyclic amines) is 2. The molecule has 3 fully saturated rings. The van der Waals surface area contributed by atoms with Crippen LogP contribution in [0, 0.1) is 17.8 Å². The van der Waals surface area contributed by atoms with Gasteiger partial charge < -0.3 is 19.6 Å². The lowest BCUT2D eigenvalue weighted by atomic mass is 9.92. The van der Waals surface area contributed by atoms with Gasteiger partial charge in [-0.2, -0.15) is 10.2 Å². The van der Waals surface area contributed by atoms with Gasteiger partial charge in [0.25, 0.3) is 6.43 Å². The van der Waals surface area contributed by atoms with Crippen molar-refractivity contribution < 1.29 is 23.2 Å². The van der Waals surface area contributed by atoms with Crippen LogP contribution in [0.15, 0.2) is 47.5 Å². The number of rotatable bonds is 10. The van der Waals surface area contributed by atoms with Crippen molar-refractivity contribution in [3.05, 3.63) is 81.2 Å². The van der Waals surface area contributed by atoms with Crippen LogP contribution in [0.3, 0.4) is 0 Å². The van der Waals surface area contributed by atoms with E-state index < -0.39 is 18.4 Å². The normalized spacial score (nSPS) is 19.9. The van der Waals surface area contributed by atoms with Crippen LogP contribution in [0.1, 0.15) is 111 Å². The van der Waals surface area contributed by atoms with Gasteiger partial charge >= 0.3 is 5.69 Å². The Morgan fingerprint density at radius 3 is 2.32 bits per heavy atom. The van der Waals surface area contributed by atoms with E-state index in [2.05, 4.69) is 41.6 Å². The summed E-state index contributed by atoms with van der Waals surface area (Å²) in [5, 5.41) is 12.0. The number of benzene rings is 2. The molecule has 0 radical (unpaired) electrons. The number of carbonyl (C=O) groups excluding carboxylic acids is 3. The molecule has 5 aromatic rings. The number of aromatic nitrogens is 6. The van der Waals surface area contributed by atoms with Gasteiger partial charge in [0, 0.05) is 106 Å². The molecule has 5 aliphatic heterocycles. The minimum Gasteiger partial charge on any atom is -0.338 e. The molecule has 8 heterocycles. The summed E-state index contributed by atoms with van der Waals surface area (Å²) in [5.41, 5.74) is 7.14. The lowest BCUT2D eigenvalue weighted by Crippen LogP contribution is -2.44. The van der Waals surface area contributed by atoms with E-state index >= 15 is 0 Å². The average Bonchev–Trinajstić information content (AvgIpc) is 4.02. The summed E-state index contributed by atoms with van der Waals surface area (Å²) in [6, 6.07) is 8.79. The molecule has 15 nitrogen and oxygen atoms in total. The number of halogens is 2. The fourth-order valence-electron chi connectivity index (χ4n) is 11.3. The van der Waals surface area contributed by atoms with Crippen LogP contribution in [0.5, 0.6) is 0 Å². The first-order chi connectivity index (χ1) is 32.9. The Morgan fingerprint density at radius 2 is 1.63 bits per heavy atom. The minimum atomic E-state index is -2.65. The molecule has 3 aromatic heterocycles. The summed E-state index contributed by atoms with van der Waals surface area (Å²) in [5.74, 6) is 7.24. The third-order valence-corrected chi connectivity index (χ3v) is 15.1. The van der Waals surface area contributed by atoms with Crippen molar-refractivity contribution in [3.63, 3.8) is 0 Å². The molecule has 3 saturated heterocycles. The number of anilines is 2. The van der Waals surface area contributed by atoms with E-state index in [0.29, 0.717) is 54.1 Å². The molecule has 0 aliphatic carbocycles. The monoisotopic (exact) mass is 929 g/mol. The van der Waals surface area contributed by atoms with Crippen LogP contribution in [-0.2, 0) is 47.9 Å². The summed E-state index contributed by atoms with van der Waals surface area (Å²) >= 11 is 0. The molecule has 0 saturated carbocycles. The minimum absolute atomic E-state index is 0.00711. The largest absolute Gasteiger partial charge is 0.338 e.